The molecule has 20 heavy (non-hydrogen) atoms. The molecule has 1 unspecified atom stereocenters. The fourth-order valence-electron chi connectivity index (χ4n) is 2.27. The Kier molecular flexibility index (Phi) is 2.94. The van der Waals surface area contributed by atoms with Gasteiger partial charge in [-0.15, -0.1) is 0 Å². The van der Waals surface area contributed by atoms with Crippen LogP contribution in [0.15, 0.2) is 36.9 Å². The van der Waals surface area contributed by atoms with E-state index >= 15 is 0 Å². The summed E-state index contributed by atoms with van der Waals surface area (Å²) >= 11 is 0. The van der Waals surface area contributed by atoms with Crippen molar-refractivity contribution in [3.8, 4) is 5.69 Å². The molecule has 7 nitrogen and oxygen atoms in total. The van der Waals surface area contributed by atoms with E-state index < -0.39 is 11.8 Å². The standard InChI is InChI=1S/C13H13N5O2/c14-13(20)9-5-12(19)17(6-9)10-1-3-11(4-2-10)18-8-15-7-16-18/h1-4,7-9H,5-6H2,(H2,14,20). The third-order valence-corrected chi connectivity index (χ3v) is 3.37. The van der Waals surface area contributed by atoms with Crippen molar-refractivity contribution in [2.24, 2.45) is 11.7 Å². The number of rotatable bonds is 3. The molecule has 2 heterocycles. The van der Waals surface area contributed by atoms with Crippen molar-refractivity contribution < 1.29 is 9.59 Å². The van der Waals surface area contributed by atoms with Crippen LogP contribution in [0.4, 0.5) is 5.69 Å². The van der Waals surface area contributed by atoms with Crippen LogP contribution in [0.3, 0.4) is 0 Å². The lowest BCUT2D eigenvalue weighted by atomic mass is 10.1. The van der Waals surface area contributed by atoms with Gasteiger partial charge in [0, 0.05) is 18.7 Å². The number of anilines is 1. The molecule has 1 saturated heterocycles. The van der Waals surface area contributed by atoms with Crippen LogP contribution in [0, 0.1) is 5.92 Å². The van der Waals surface area contributed by atoms with E-state index in [4.69, 9.17) is 5.73 Å². The summed E-state index contributed by atoms with van der Waals surface area (Å²) < 4.78 is 1.63. The van der Waals surface area contributed by atoms with Gasteiger partial charge in [-0.05, 0) is 24.3 Å². The normalized spacial score (nSPS) is 18.5. The molecule has 2 amide bonds. The highest BCUT2D eigenvalue weighted by Gasteiger charge is 2.33. The number of benzene rings is 1. The minimum Gasteiger partial charge on any atom is -0.369 e. The molecular weight excluding hydrogens is 258 g/mol. The zero-order valence-electron chi connectivity index (χ0n) is 10.6. The summed E-state index contributed by atoms with van der Waals surface area (Å²) in [6, 6.07) is 7.32. The first-order chi connectivity index (χ1) is 9.65. The third-order valence-electron chi connectivity index (χ3n) is 3.37. The SMILES string of the molecule is NC(=O)C1CC(=O)N(c2ccc(-n3cncn3)cc2)C1. The lowest BCUT2D eigenvalue weighted by Crippen LogP contribution is -2.28. The van der Waals surface area contributed by atoms with Crippen molar-refractivity contribution in [1.29, 1.82) is 0 Å². The molecule has 1 fully saturated rings. The van der Waals surface area contributed by atoms with Gasteiger partial charge < -0.3 is 10.6 Å². The Hall–Kier alpha value is -2.70. The molecule has 2 N–H and O–H groups in total. The summed E-state index contributed by atoms with van der Waals surface area (Å²) in [5.41, 5.74) is 6.86. The van der Waals surface area contributed by atoms with Gasteiger partial charge in [0.25, 0.3) is 0 Å². The Morgan fingerprint density at radius 3 is 2.50 bits per heavy atom. The van der Waals surface area contributed by atoms with E-state index in [1.54, 1.807) is 15.9 Å². The van der Waals surface area contributed by atoms with Gasteiger partial charge in [-0.25, -0.2) is 9.67 Å². The first-order valence-electron chi connectivity index (χ1n) is 6.20. The van der Waals surface area contributed by atoms with Crippen molar-refractivity contribution in [2.75, 3.05) is 11.4 Å². The maximum absolute atomic E-state index is 11.9. The Balaban J connectivity index is 1.82. The highest BCUT2D eigenvalue weighted by Crippen LogP contribution is 2.25. The van der Waals surface area contributed by atoms with Gasteiger partial charge in [-0.2, -0.15) is 5.10 Å². The highest BCUT2D eigenvalue weighted by molar-refractivity contribution is 6.00. The quantitative estimate of drug-likeness (QED) is 0.857. The molecule has 3 rings (SSSR count). The average Bonchev–Trinajstić information content (AvgIpc) is 3.08. The Bertz CT molecular complexity index is 635. The average molecular weight is 271 g/mol. The van der Waals surface area contributed by atoms with E-state index in [-0.39, 0.29) is 12.3 Å². The van der Waals surface area contributed by atoms with E-state index in [2.05, 4.69) is 10.1 Å². The number of carbonyl (C=O) groups is 2. The molecule has 0 radical (unpaired) electrons. The predicted octanol–water partition coefficient (Wildman–Crippen LogP) is 0.105. The van der Waals surface area contributed by atoms with Crippen LogP contribution in [0.5, 0.6) is 0 Å². The molecule has 0 spiro atoms. The summed E-state index contributed by atoms with van der Waals surface area (Å²) in [6.07, 6.45) is 3.23. The molecule has 1 aromatic heterocycles. The number of hydrogen-bond acceptors (Lipinski definition) is 4. The van der Waals surface area contributed by atoms with Gasteiger partial charge >= 0.3 is 0 Å². The number of amides is 2. The van der Waals surface area contributed by atoms with E-state index in [1.165, 1.54) is 6.33 Å². The second-order valence-electron chi connectivity index (χ2n) is 4.66. The van der Waals surface area contributed by atoms with E-state index in [0.717, 1.165) is 11.4 Å². The summed E-state index contributed by atoms with van der Waals surface area (Å²) in [4.78, 5) is 28.5. The van der Waals surface area contributed by atoms with Gasteiger partial charge in [0.05, 0.1) is 11.6 Å². The van der Waals surface area contributed by atoms with E-state index in [9.17, 15) is 9.59 Å². The number of nitrogens with two attached hydrogens (primary N) is 1. The first kappa shape index (κ1) is 12.3. The topological polar surface area (TPSA) is 94.1 Å². The predicted molar refractivity (Wildman–Crippen MR) is 71.0 cm³/mol. The molecule has 2 aromatic rings. The summed E-state index contributed by atoms with van der Waals surface area (Å²) in [5, 5.41) is 4.03. The molecule has 1 aliphatic heterocycles. The summed E-state index contributed by atoms with van der Waals surface area (Å²) in [7, 11) is 0. The minimum absolute atomic E-state index is 0.0812. The molecule has 102 valence electrons. The van der Waals surface area contributed by atoms with Crippen LogP contribution in [0.25, 0.3) is 5.69 Å². The van der Waals surface area contributed by atoms with Crippen molar-refractivity contribution in [3.63, 3.8) is 0 Å². The molecule has 0 saturated carbocycles. The van der Waals surface area contributed by atoms with Crippen molar-refractivity contribution in [2.45, 2.75) is 6.42 Å². The van der Waals surface area contributed by atoms with Crippen LogP contribution in [0.2, 0.25) is 0 Å². The fourth-order valence-corrected chi connectivity index (χ4v) is 2.27. The zero-order valence-corrected chi connectivity index (χ0v) is 10.6. The fraction of sp³-hybridized carbons (Fsp3) is 0.231. The molecule has 7 heteroatoms. The Morgan fingerprint density at radius 1 is 1.25 bits per heavy atom. The van der Waals surface area contributed by atoms with Crippen LogP contribution < -0.4 is 10.6 Å². The van der Waals surface area contributed by atoms with Gasteiger partial charge in [0.1, 0.15) is 12.7 Å². The zero-order chi connectivity index (χ0) is 14.1. The van der Waals surface area contributed by atoms with Crippen molar-refractivity contribution >= 4 is 17.5 Å². The molecular formula is C13H13N5O2. The highest BCUT2D eigenvalue weighted by atomic mass is 16.2. The number of aromatic nitrogens is 3. The van der Waals surface area contributed by atoms with Crippen LogP contribution in [0.1, 0.15) is 6.42 Å². The molecule has 1 atom stereocenters. The third kappa shape index (κ3) is 2.13. The Labute approximate surface area is 115 Å². The van der Waals surface area contributed by atoms with E-state index in [1.807, 2.05) is 24.3 Å². The number of primary amides is 1. The molecule has 1 aliphatic rings. The largest absolute Gasteiger partial charge is 0.369 e. The lowest BCUT2D eigenvalue weighted by molar-refractivity contribution is -0.123. The van der Waals surface area contributed by atoms with Crippen LogP contribution >= 0.6 is 0 Å². The molecule has 1 aromatic carbocycles. The van der Waals surface area contributed by atoms with E-state index in [0.29, 0.717) is 6.54 Å². The first-order valence-corrected chi connectivity index (χ1v) is 6.20. The van der Waals surface area contributed by atoms with Crippen molar-refractivity contribution in [1.82, 2.24) is 14.8 Å². The van der Waals surface area contributed by atoms with Crippen LogP contribution in [-0.2, 0) is 9.59 Å². The van der Waals surface area contributed by atoms with Gasteiger partial charge in [0.15, 0.2) is 0 Å². The Morgan fingerprint density at radius 2 is 1.95 bits per heavy atom. The molecule has 0 bridgehead atoms. The summed E-state index contributed by atoms with van der Waals surface area (Å²) in [5.74, 6) is -0.917. The lowest BCUT2D eigenvalue weighted by Gasteiger charge is -2.16. The smallest absolute Gasteiger partial charge is 0.227 e. The number of nitrogens with zero attached hydrogens (tertiary/aromatic N) is 4. The second kappa shape index (κ2) is 4.76. The maximum Gasteiger partial charge on any atom is 0.227 e. The number of hydrogen-bond donors (Lipinski definition) is 1. The molecule has 0 aliphatic carbocycles. The monoisotopic (exact) mass is 271 g/mol. The van der Waals surface area contributed by atoms with Crippen LogP contribution in [-0.4, -0.2) is 33.1 Å². The maximum atomic E-state index is 11.9. The second-order valence-corrected chi connectivity index (χ2v) is 4.66. The van der Waals surface area contributed by atoms with Crippen molar-refractivity contribution in [3.05, 3.63) is 36.9 Å². The van der Waals surface area contributed by atoms with Gasteiger partial charge in [0.2, 0.25) is 11.8 Å². The van der Waals surface area contributed by atoms with Gasteiger partial charge in [-0.1, -0.05) is 0 Å². The van der Waals surface area contributed by atoms with Gasteiger partial charge in [-0.3, -0.25) is 9.59 Å². The summed E-state index contributed by atoms with van der Waals surface area (Å²) in [6.45, 7) is 0.344. The minimum atomic E-state index is -0.430. The number of carbonyl (C=O) groups excluding carboxylic acids is 2.